The number of ketones is 3. The Hall–Kier alpha value is -3.67. The zero-order chi connectivity index (χ0) is 35.3. The van der Waals surface area contributed by atoms with Crippen molar-refractivity contribution in [2.75, 3.05) is 6.61 Å². The lowest BCUT2D eigenvalue weighted by Crippen LogP contribution is -2.70. The van der Waals surface area contributed by atoms with Gasteiger partial charge in [0.05, 0.1) is 12.0 Å². The van der Waals surface area contributed by atoms with Gasteiger partial charge < -0.3 is 14.9 Å². The molecule has 47 heavy (non-hydrogen) atoms. The number of phenols is 1. The zero-order valence-electron chi connectivity index (χ0n) is 30.3. The van der Waals surface area contributed by atoms with Crippen molar-refractivity contribution in [1.82, 2.24) is 0 Å². The van der Waals surface area contributed by atoms with E-state index in [0.29, 0.717) is 25.9 Å². The fraction of sp³-hybridized carbons (Fsp3) is 0.537. The third-order valence-electron chi connectivity index (χ3n) is 10.2. The molecule has 256 valence electrons. The van der Waals surface area contributed by atoms with Crippen LogP contribution in [0.25, 0.3) is 5.76 Å². The standard InChI is InChI=1S/C41H56O6/c1-11-23-47-33-17-15-30(24-32(33)42)35(43)34-36(44)40(21-18-28(6)7)25-31(16-14-27(4)5)39(10,20-12-13-26(2)3)41(37(34)45,38(40)46)22-19-29(8)9/h13-15,17-19,24,31,42-43H,11-12,16,20-23,25H2,1-10H3/t31-,39+,40-,41+/m0/s1. The minimum Gasteiger partial charge on any atom is -0.506 e. The quantitative estimate of drug-likeness (QED) is 0.0729. The summed E-state index contributed by atoms with van der Waals surface area (Å²) in [6, 6.07) is 4.38. The Morgan fingerprint density at radius 1 is 0.872 bits per heavy atom. The van der Waals surface area contributed by atoms with Gasteiger partial charge in [0.2, 0.25) is 0 Å². The molecule has 0 aliphatic heterocycles. The number of phenolic OH excluding ortho intramolecular Hbond substituents is 1. The van der Waals surface area contributed by atoms with E-state index >= 15 is 9.59 Å². The highest BCUT2D eigenvalue weighted by Gasteiger charge is 2.74. The number of rotatable bonds is 13. The van der Waals surface area contributed by atoms with Gasteiger partial charge in [-0.2, -0.15) is 0 Å². The molecule has 0 radical (unpaired) electrons. The van der Waals surface area contributed by atoms with Gasteiger partial charge >= 0.3 is 0 Å². The molecular formula is C41H56O6. The maximum absolute atomic E-state index is 15.3. The van der Waals surface area contributed by atoms with E-state index in [1.165, 1.54) is 18.2 Å². The number of ether oxygens (including phenoxy) is 1. The first-order valence-corrected chi connectivity index (χ1v) is 17.1. The Kier molecular flexibility index (Phi) is 12.1. The molecule has 2 fully saturated rings. The number of carbonyl (C=O) groups excluding carboxylic acids is 3. The Bertz CT molecular complexity index is 1530. The van der Waals surface area contributed by atoms with Crippen LogP contribution in [0, 0.1) is 22.2 Å². The minimum atomic E-state index is -1.59. The molecule has 2 saturated carbocycles. The van der Waals surface area contributed by atoms with Crippen molar-refractivity contribution in [2.45, 2.75) is 114 Å². The van der Waals surface area contributed by atoms with Crippen LogP contribution in [0.1, 0.15) is 120 Å². The molecule has 0 aromatic heterocycles. The summed E-state index contributed by atoms with van der Waals surface area (Å²) >= 11 is 0. The second kappa shape index (κ2) is 15.0. The molecule has 2 bridgehead atoms. The van der Waals surface area contributed by atoms with Crippen LogP contribution in [0.4, 0.5) is 0 Å². The molecule has 0 spiro atoms. The molecule has 4 atom stereocenters. The number of carbonyl (C=O) groups is 3. The molecule has 3 rings (SSSR count). The molecule has 2 aliphatic carbocycles. The molecule has 6 nitrogen and oxygen atoms in total. The van der Waals surface area contributed by atoms with Crippen LogP contribution in [0.2, 0.25) is 0 Å². The second-order valence-electron chi connectivity index (χ2n) is 14.9. The van der Waals surface area contributed by atoms with E-state index in [2.05, 4.69) is 19.1 Å². The molecule has 2 aliphatic rings. The van der Waals surface area contributed by atoms with Gasteiger partial charge in [0, 0.05) is 5.56 Å². The fourth-order valence-electron chi connectivity index (χ4n) is 7.45. The topological polar surface area (TPSA) is 101 Å². The first kappa shape index (κ1) is 37.8. The van der Waals surface area contributed by atoms with Gasteiger partial charge in [0.15, 0.2) is 28.8 Å². The van der Waals surface area contributed by atoms with E-state index in [4.69, 9.17) is 4.74 Å². The van der Waals surface area contributed by atoms with Gasteiger partial charge in [0.25, 0.3) is 0 Å². The van der Waals surface area contributed by atoms with Crippen molar-refractivity contribution in [1.29, 1.82) is 0 Å². The maximum atomic E-state index is 15.3. The second-order valence-corrected chi connectivity index (χ2v) is 14.9. The van der Waals surface area contributed by atoms with Gasteiger partial charge in [-0.05, 0) is 130 Å². The number of aliphatic hydroxyl groups is 1. The maximum Gasteiger partial charge on any atom is 0.184 e. The molecule has 6 heteroatoms. The Morgan fingerprint density at radius 2 is 1.47 bits per heavy atom. The average molecular weight is 645 g/mol. The Labute approximate surface area is 282 Å². The van der Waals surface area contributed by atoms with Crippen molar-refractivity contribution >= 4 is 23.1 Å². The summed E-state index contributed by atoms with van der Waals surface area (Å²) in [5, 5.41) is 22.6. The first-order valence-electron chi connectivity index (χ1n) is 17.1. The minimum absolute atomic E-state index is 0.123. The summed E-state index contributed by atoms with van der Waals surface area (Å²) in [6.45, 7) is 20.3. The molecule has 1 aromatic rings. The highest BCUT2D eigenvalue weighted by atomic mass is 16.5. The van der Waals surface area contributed by atoms with E-state index in [1.807, 2.05) is 74.5 Å². The number of benzene rings is 1. The van der Waals surface area contributed by atoms with Crippen LogP contribution in [0.5, 0.6) is 11.5 Å². The van der Waals surface area contributed by atoms with Crippen molar-refractivity contribution in [3.8, 4) is 11.5 Å². The number of aliphatic hydroxyl groups excluding tert-OH is 1. The van der Waals surface area contributed by atoms with Gasteiger partial charge in [-0.15, -0.1) is 0 Å². The monoisotopic (exact) mass is 644 g/mol. The predicted octanol–water partition coefficient (Wildman–Crippen LogP) is 9.99. The molecule has 0 saturated heterocycles. The highest BCUT2D eigenvalue weighted by Crippen LogP contribution is 2.67. The predicted molar refractivity (Wildman–Crippen MR) is 190 cm³/mol. The van der Waals surface area contributed by atoms with Gasteiger partial charge in [-0.3, -0.25) is 14.4 Å². The third kappa shape index (κ3) is 7.27. The van der Waals surface area contributed by atoms with E-state index in [0.717, 1.165) is 28.7 Å². The SMILES string of the molecule is CCCOc1ccc(C(O)=C2C(=O)[C@]3(CC=C(C)C)C[C@H](CC=C(C)C)[C@@](C)(CCC=C(C)C)[C@](CC=C(C)C)(C2=O)C3=O)cc1O. The number of aromatic hydroxyl groups is 1. The van der Waals surface area contributed by atoms with Crippen LogP contribution >= 0.6 is 0 Å². The lowest BCUT2D eigenvalue weighted by Gasteiger charge is -2.61. The van der Waals surface area contributed by atoms with Gasteiger partial charge in [0.1, 0.15) is 16.7 Å². The molecule has 0 unspecified atom stereocenters. The number of hydrogen-bond acceptors (Lipinski definition) is 6. The molecule has 0 heterocycles. The third-order valence-corrected chi connectivity index (χ3v) is 10.2. The Balaban J connectivity index is 2.47. The van der Waals surface area contributed by atoms with Crippen LogP contribution in [-0.4, -0.2) is 34.2 Å². The largest absolute Gasteiger partial charge is 0.506 e. The van der Waals surface area contributed by atoms with Crippen LogP contribution < -0.4 is 4.74 Å². The van der Waals surface area contributed by atoms with E-state index in [-0.39, 0.29) is 53.6 Å². The van der Waals surface area contributed by atoms with Crippen molar-refractivity contribution in [3.63, 3.8) is 0 Å². The van der Waals surface area contributed by atoms with Crippen LogP contribution in [0.3, 0.4) is 0 Å². The van der Waals surface area contributed by atoms with Crippen molar-refractivity contribution in [2.24, 2.45) is 22.2 Å². The average Bonchev–Trinajstić information content (AvgIpc) is 2.98. The smallest absolute Gasteiger partial charge is 0.184 e. The normalized spacial score (nSPS) is 26.3. The first-order chi connectivity index (χ1) is 22.0. The Morgan fingerprint density at radius 3 is 2.02 bits per heavy atom. The molecule has 0 amide bonds. The van der Waals surface area contributed by atoms with E-state index in [1.54, 1.807) is 0 Å². The summed E-state index contributed by atoms with van der Waals surface area (Å²) in [5.74, 6) is -2.20. The van der Waals surface area contributed by atoms with Crippen molar-refractivity contribution in [3.05, 3.63) is 75.9 Å². The number of Topliss-reactive ketones (excluding diaryl/α,β-unsaturated/α-hetero) is 3. The highest BCUT2D eigenvalue weighted by molar-refractivity contribution is 6.41. The van der Waals surface area contributed by atoms with Crippen LogP contribution in [0.15, 0.2) is 70.4 Å². The summed E-state index contributed by atoms with van der Waals surface area (Å²) in [5.41, 5.74) is 0.0656. The lowest BCUT2D eigenvalue weighted by atomic mass is 9.37. The summed E-state index contributed by atoms with van der Waals surface area (Å²) < 4.78 is 5.61. The molecule has 1 aromatic carbocycles. The van der Waals surface area contributed by atoms with E-state index in [9.17, 15) is 15.0 Å². The van der Waals surface area contributed by atoms with Crippen molar-refractivity contribution < 1.29 is 29.3 Å². The molecule has 2 N–H and O–H groups in total. The number of hydrogen-bond donors (Lipinski definition) is 2. The van der Waals surface area contributed by atoms with E-state index < -0.39 is 33.6 Å². The summed E-state index contributed by atoms with van der Waals surface area (Å²) in [7, 11) is 0. The summed E-state index contributed by atoms with van der Waals surface area (Å²) in [4.78, 5) is 45.4. The van der Waals surface area contributed by atoms with Gasteiger partial charge in [-0.25, -0.2) is 0 Å². The molecular weight excluding hydrogens is 588 g/mol. The fourth-order valence-corrected chi connectivity index (χ4v) is 7.45. The number of allylic oxidation sites excluding steroid dienone is 9. The van der Waals surface area contributed by atoms with Crippen LogP contribution in [-0.2, 0) is 14.4 Å². The van der Waals surface area contributed by atoms with Gasteiger partial charge in [-0.1, -0.05) is 60.4 Å². The summed E-state index contributed by atoms with van der Waals surface area (Å²) in [6.07, 6.45) is 11.4. The lowest BCUT2D eigenvalue weighted by molar-refractivity contribution is -0.178. The number of fused-ring (bicyclic) bond motifs is 2. The zero-order valence-corrected chi connectivity index (χ0v) is 30.3.